The number of benzene rings is 2. The summed E-state index contributed by atoms with van der Waals surface area (Å²) in [6.45, 7) is 4.33. The SMILES string of the molecule is CCC(CCOc1ccc2c(-c3ccc(F)cc3)csc2c1)CC(C)(N)O. The number of thiophene rings is 1. The molecule has 5 heteroatoms. The summed E-state index contributed by atoms with van der Waals surface area (Å²) in [5.41, 5.74) is 6.70. The van der Waals surface area contributed by atoms with Gasteiger partial charge in [-0.05, 0) is 67.0 Å². The Hall–Kier alpha value is -1.95. The van der Waals surface area contributed by atoms with Crippen LogP contribution >= 0.6 is 11.3 Å². The van der Waals surface area contributed by atoms with Crippen molar-refractivity contribution in [3.8, 4) is 16.9 Å². The number of halogens is 1. The van der Waals surface area contributed by atoms with Gasteiger partial charge in [-0.15, -0.1) is 11.3 Å². The van der Waals surface area contributed by atoms with Crippen molar-refractivity contribution < 1.29 is 14.2 Å². The van der Waals surface area contributed by atoms with Crippen molar-refractivity contribution in [2.75, 3.05) is 6.61 Å². The first kappa shape index (κ1) is 19.8. The minimum atomic E-state index is -1.13. The first-order valence-electron chi connectivity index (χ1n) is 9.27. The average molecular weight is 388 g/mol. The van der Waals surface area contributed by atoms with E-state index in [1.807, 2.05) is 12.1 Å². The van der Waals surface area contributed by atoms with E-state index < -0.39 is 5.72 Å². The Morgan fingerprint density at radius 3 is 2.63 bits per heavy atom. The van der Waals surface area contributed by atoms with E-state index in [-0.39, 0.29) is 5.82 Å². The molecule has 0 amide bonds. The number of hydrogen-bond donors (Lipinski definition) is 2. The van der Waals surface area contributed by atoms with Gasteiger partial charge in [0.25, 0.3) is 0 Å². The van der Waals surface area contributed by atoms with Gasteiger partial charge in [0.2, 0.25) is 0 Å². The highest BCUT2D eigenvalue weighted by atomic mass is 32.1. The molecule has 0 aliphatic heterocycles. The van der Waals surface area contributed by atoms with Crippen molar-refractivity contribution in [3.05, 3.63) is 53.7 Å². The summed E-state index contributed by atoms with van der Waals surface area (Å²) in [4.78, 5) is 0. The topological polar surface area (TPSA) is 55.5 Å². The quantitative estimate of drug-likeness (QED) is 0.498. The third-order valence-corrected chi connectivity index (χ3v) is 5.72. The van der Waals surface area contributed by atoms with E-state index in [4.69, 9.17) is 10.5 Å². The van der Waals surface area contributed by atoms with Crippen molar-refractivity contribution in [1.29, 1.82) is 0 Å². The Kier molecular flexibility index (Phi) is 6.15. The Morgan fingerprint density at radius 1 is 1.22 bits per heavy atom. The number of hydrogen-bond acceptors (Lipinski definition) is 4. The van der Waals surface area contributed by atoms with Crippen molar-refractivity contribution in [2.45, 2.75) is 38.8 Å². The Bertz CT molecular complexity index is 883. The fourth-order valence-corrected chi connectivity index (χ4v) is 4.33. The molecule has 1 heterocycles. The summed E-state index contributed by atoms with van der Waals surface area (Å²) >= 11 is 1.66. The molecule has 0 saturated carbocycles. The van der Waals surface area contributed by atoms with Gasteiger partial charge in [0.1, 0.15) is 17.3 Å². The summed E-state index contributed by atoms with van der Waals surface area (Å²) in [6, 6.07) is 12.7. The van der Waals surface area contributed by atoms with Crippen molar-refractivity contribution >= 4 is 21.4 Å². The molecule has 2 aromatic carbocycles. The molecular formula is C22H26FNO2S. The van der Waals surface area contributed by atoms with Crippen LogP contribution in [0.15, 0.2) is 47.8 Å². The van der Waals surface area contributed by atoms with Gasteiger partial charge in [0, 0.05) is 15.6 Å². The predicted octanol–water partition coefficient (Wildman–Crippen LogP) is 5.56. The fourth-order valence-electron chi connectivity index (χ4n) is 3.33. The Morgan fingerprint density at radius 2 is 1.96 bits per heavy atom. The minimum Gasteiger partial charge on any atom is -0.494 e. The molecule has 0 aliphatic rings. The largest absolute Gasteiger partial charge is 0.494 e. The van der Waals surface area contributed by atoms with Crippen LogP contribution in [0.4, 0.5) is 4.39 Å². The summed E-state index contributed by atoms with van der Waals surface area (Å²) in [6.07, 6.45) is 2.38. The predicted molar refractivity (Wildman–Crippen MR) is 111 cm³/mol. The zero-order valence-electron chi connectivity index (χ0n) is 15.7. The molecule has 0 bridgehead atoms. The van der Waals surface area contributed by atoms with E-state index in [2.05, 4.69) is 18.4 Å². The smallest absolute Gasteiger partial charge is 0.123 e. The van der Waals surface area contributed by atoms with Gasteiger partial charge in [-0.25, -0.2) is 4.39 Å². The van der Waals surface area contributed by atoms with E-state index in [9.17, 15) is 9.50 Å². The number of fused-ring (bicyclic) bond motifs is 1. The third-order valence-electron chi connectivity index (χ3n) is 4.78. The van der Waals surface area contributed by atoms with Crippen LogP contribution in [-0.4, -0.2) is 17.4 Å². The van der Waals surface area contributed by atoms with Crippen molar-refractivity contribution in [1.82, 2.24) is 0 Å². The number of rotatable bonds is 8. The lowest BCUT2D eigenvalue weighted by Gasteiger charge is -2.23. The maximum absolute atomic E-state index is 13.2. The lowest BCUT2D eigenvalue weighted by Crippen LogP contribution is -2.37. The van der Waals surface area contributed by atoms with Crippen molar-refractivity contribution in [2.24, 2.45) is 11.7 Å². The zero-order valence-corrected chi connectivity index (χ0v) is 16.6. The van der Waals surface area contributed by atoms with E-state index >= 15 is 0 Å². The summed E-state index contributed by atoms with van der Waals surface area (Å²) in [7, 11) is 0. The molecule has 2 unspecified atom stereocenters. The van der Waals surface area contributed by atoms with Crippen LogP contribution in [0.25, 0.3) is 21.2 Å². The first-order chi connectivity index (χ1) is 12.9. The number of ether oxygens (including phenoxy) is 1. The monoisotopic (exact) mass is 387 g/mol. The molecule has 0 saturated heterocycles. The highest BCUT2D eigenvalue weighted by molar-refractivity contribution is 7.17. The summed E-state index contributed by atoms with van der Waals surface area (Å²) < 4.78 is 20.2. The molecule has 0 fully saturated rings. The average Bonchev–Trinajstić information content (AvgIpc) is 3.03. The molecule has 1 aromatic heterocycles. The zero-order chi connectivity index (χ0) is 19.4. The Balaban J connectivity index is 1.66. The fraction of sp³-hybridized carbons (Fsp3) is 0.364. The van der Waals surface area contributed by atoms with Gasteiger partial charge in [0.05, 0.1) is 6.61 Å². The van der Waals surface area contributed by atoms with Gasteiger partial charge in [-0.2, -0.15) is 0 Å². The molecular weight excluding hydrogens is 361 g/mol. The molecule has 0 radical (unpaired) electrons. The molecule has 0 aliphatic carbocycles. The van der Waals surface area contributed by atoms with E-state index in [1.165, 1.54) is 12.1 Å². The van der Waals surface area contributed by atoms with Crippen LogP contribution in [0.1, 0.15) is 33.1 Å². The van der Waals surface area contributed by atoms with E-state index in [1.54, 1.807) is 30.4 Å². The van der Waals surface area contributed by atoms with Crippen LogP contribution in [0, 0.1) is 11.7 Å². The first-order valence-corrected chi connectivity index (χ1v) is 10.1. The summed E-state index contributed by atoms with van der Waals surface area (Å²) in [5.74, 6) is 0.945. The highest BCUT2D eigenvalue weighted by Crippen LogP contribution is 2.36. The molecule has 3 nitrogen and oxygen atoms in total. The minimum absolute atomic E-state index is 0.226. The molecule has 144 valence electrons. The second-order valence-corrected chi connectivity index (χ2v) is 8.20. The second-order valence-electron chi connectivity index (χ2n) is 7.29. The van der Waals surface area contributed by atoms with E-state index in [0.717, 1.165) is 39.8 Å². The van der Waals surface area contributed by atoms with Gasteiger partial charge in [-0.1, -0.05) is 25.5 Å². The molecule has 0 spiro atoms. The number of aliphatic hydroxyl groups is 1. The number of nitrogens with two attached hydrogens (primary N) is 1. The summed E-state index contributed by atoms with van der Waals surface area (Å²) in [5, 5.41) is 13.0. The molecule has 3 aromatic rings. The third kappa shape index (κ3) is 5.28. The Labute approximate surface area is 163 Å². The van der Waals surface area contributed by atoms with Gasteiger partial charge in [0.15, 0.2) is 0 Å². The van der Waals surface area contributed by atoms with Crippen LogP contribution in [0.5, 0.6) is 5.75 Å². The van der Waals surface area contributed by atoms with Crippen LogP contribution < -0.4 is 10.5 Å². The molecule has 2 atom stereocenters. The van der Waals surface area contributed by atoms with Crippen LogP contribution in [0.2, 0.25) is 0 Å². The lowest BCUT2D eigenvalue weighted by atomic mass is 9.93. The lowest BCUT2D eigenvalue weighted by molar-refractivity contribution is 0.0358. The highest BCUT2D eigenvalue weighted by Gasteiger charge is 2.19. The van der Waals surface area contributed by atoms with Crippen LogP contribution in [-0.2, 0) is 0 Å². The van der Waals surface area contributed by atoms with Gasteiger partial charge in [-0.3, -0.25) is 0 Å². The van der Waals surface area contributed by atoms with Gasteiger partial charge >= 0.3 is 0 Å². The van der Waals surface area contributed by atoms with Gasteiger partial charge < -0.3 is 15.6 Å². The van der Waals surface area contributed by atoms with E-state index in [0.29, 0.717) is 18.9 Å². The normalized spacial score (nSPS) is 14.9. The standard InChI is InChI=1S/C22H26FNO2S/c1-3-15(13-22(2,24)25)10-11-26-18-8-9-19-20(14-27-21(19)12-18)16-4-6-17(23)7-5-16/h4-9,12,14-15,25H,3,10-11,13,24H2,1-2H3. The second kappa shape index (κ2) is 8.38. The molecule has 27 heavy (non-hydrogen) atoms. The maximum atomic E-state index is 13.2. The van der Waals surface area contributed by atoms with Crippen molar-refractivity contribution in [3.63, 3.8) is 0 Å². The maximum Gasteiger partial charge on any atom is 0.123 e. The molecule has 3 rings (SSSR count). The van der Waals surface area contributed by atoms with Crippen LogP contribution in [0.3, 0.4) is 0 Å². The molecule has 3 N–H and O–H groups in total.